The van der Waals surface area contributed by atoms with Crippen molar-refractivity contribution in [3.05, 3.63) is 47.7 Å². The second-order valence-electron chi connectivity index (χ2n) is 4.79. The molecule has 104 valence electrons. The molecule has 1 aliphatic heterocycles. The lowest BCUT2D eigenvalue weighted by Crippen LogP contribution is -2.31. The standard InChI is InChI=1S/C15H16N2O2S/c1-9-6-7-17-15(16)13(9)14(18)11-8-20-12-5-3-2-4-10(12)19-11/h2-7,11,14,18H,8H2,1H3,(H2,16,17). The van der Waals surface area contributed by atoms with Crippen molar-refractivity contribution in [2.45, 2.75) is 24.0 Å². The number of benzene rings is 1. The van der Waals surface area contributed by atoms with Crippen molar-refractivity contribution >= 4 is 17.6 Å². The highest BCUT2D eigenvalue weighted by Gasteiger charge is 2.30. The summed E-state index contributed by atoms with van der Waals surface area (Å²) in [6, 6.07) is 9.69. The van der Waals surface area contributed by atoms with Crippen LogP contribution in [-0.2, 0) is 0 Å². The first-order chi connectivity index (χ1) is 9.66. The molecule has 1 aliphatic rings. The Morgan fingerprint density at radius 3 is 3.00 bits per heavy atom. The van der Waals surface area contributed by atoms with Gasteiger partial charge in [0.05, 0.1) is 0 Å². The summed E-state index contributed by atoms with van der Waals surface area (Å²) in [4.78, 5) is 5.16. The second-order valence-corrected chi connectivity index (χ2v) is 5.85. The molecule has 0 saturated heterocycles. The second kappa shape index (κ2) is 5.34. The summed E-state index contributed by atoms with van der Waals surface area (Å²) in [6.45, 7) is 1.92. The summed E-state index contributed by atoms with van der Waals surface area (Å²) < 4.78 is 5.90. The third-order valence-corrected chi connectivity index (χ3v) is 4.56. The van der Waals surface area contributed by atoms with Gasteiger partial charge in [0.1, 0.15) is 23.8 Å². The van der Waals surface area contributed by atoms with Crippen LogP contribution in [0.2, 0.25) is 0 Å². The molecule has 0 amide bonds. The molecule has 3 rings (SSSR count). The van der Waals surface area contributed by atoms with Crippen LogP contribution in [-0.4, -0.2) is 21.9 Å². The van der Waals surface area contributed by atoms with Crippen molar-refractivity contribution in [2.24, 2.45) is 0 Å². The van der Waals surface area contributed by atoms with Crippen molar-refractivity contribution in [1.82, 2.24) is 4.98 Å². The molecule has 5 heteroatoms. The van der Waals surface area contributed by atoms with Crippen LogP contribution >= 0.6 is 11.8 Å². The van der Waals surface area contributed by atoms with E-state index in [9.17, 15) is 5.11 Å². The highest BCUT2D eigenvalue weighted by molar-refractivity contribution is 7.99. The van der Waals surface area contributed by atoms with Crippen LogP contribution < -0.4 is 10.5 Å². The van der Waals surface area contributed by atoms with E-state index in [0.29, 0.717) is 17.1 Å². The third kappa shape index (κ3) is 2.34. The monoisotopic (exact) mass is 288 g/mol. The van der Waals surface area contributed by atoms with Crippen LogP contribution in [0, 0.1) is 6.92 Å². The molecule has 1 aromatic carbocycles. The molecule has 0 bridgehead atoms. The van der Waals surface area contributed by atoms with E-state index < -0.39 is 6.10 Å². The molecule has 0 radical (unpaired) electrons. The quantitative estimate of drug-likeness (QED) is 0.889. The van der Waals surface area contributed by atoms with Crippen molar-refractivity contribution in [3.8, 4) is 5.75 Å². The number of pyridine rings is 1. The van der Waals surface area contributed by atoms with Crippen molar-refractivity contribution in [2.75, 3.05) is 11.5 Å². The minimum Gasteiger partial charge on any atom is -0.485 e. The summed E-state index contributed by atoms with van der Waals surface area (Å²) in [7, 11) is 0. The van der Waals surface area contributed by atoms with Gasteiger partial charge in [0.25, 0.3) is 0 Å². The Labute approximate surface area is 122 Å². The average Bonchev–Trinajstić information content (AvgIpc) is 2.46. The lowest BCUT2D eigenvalue weighted by atomic mass is 10.0. The highest BCUT2D eigenvalue weighted by atomic mass is 32.2. The van der Waals surface area contributed by atoms with Crippen LogP contribution in [0.25, 0.3) is 0 Å². The van der Waals surface area contributed by atoms with E-state index >= 15 is 0 Å². The van der Waals surface area contributed by atoms with E-state index in [-0.39, 0.29) is 6.10 Å². The fraction of sp³-hybridized carbons (Fsp3) is 0.267. The molecule has 0 spiro atoms. The molecule has 3 N–H and O–H groups in total. The Hall–Kier alpha value is -1.72. The van der Waals surface area contributed by atoms with Crippen molar-refractivity contribution in [3.63, 3.8) is 0 Å². The molecule has 4 nitrogen and oxygen atoms in total. The number of aliphatic hydroxyl groups is 1. The van der Waals surface area contributed by atoms with Crippen LogP contribution in [0.1, 0.15) is 17.2 Å². The lowest BCUT2D eigenvalue weighted by molar-refractivity contribution is 0.0456. The topological polar surface area (TPSA) is 68.4 Å². The van der Waals surface area contributed by atoms with Gasteiger partial charge in [-0.3, -0.25) is 0 Å². The SMILES string of the molecule is Cc1ccnc(N)c1C(O)C1CSc2ccccc2O1. The van der Waals surface area contributed by atoms with Gasteiger partial charge in [-0.2, -0.15) is 0 Å². The Balaban J connectivity index is 1.88. The number of fused-ring (bicyclic) bond motifs is 1. The van der Waals surface area contributed by atoms with Crippen molar-refractivity contribution < 1.29 is 9.84 Å². The molecule has 2 heterocycles. The zero-order chi connectivity index (χ0) is 14.1. The fourth-order valence-electron chi connectivity index (χ4n) is 2.35. The summed E-state index contributed by atoms with van der Waals surface area (Å²) in [5.74, 6) is 1.87. The molecule has 20 heavy (non-hydrogen) atoms. The maximum Gasteiger partial charge on any atom is 0.138 e. The van der Waals surface area contributed by atoms with E-state index in [1.54, 1.807) is 18.0 Å². The molecule has 2 aromatic rings. The third-order valence-electron chi connectivity index (χ3n) is 3.42. The van der Waals surface area contributed by atoms with E-state index in [0.717, 1.165) is 16.2 Å². The first-order valence-corrected chi connectivity index (χ1v) is 7.43. The number of nitrogen functional groups attached to an aromatic ring is 1. The predicted octanol–water partition coefficient (Wildman–Crippen LogP) is 2.56. The molecule has 2 unspecified atom stereocenters. The molecule has 0 fully saturated rings. The average molecular weight is 288 g/mol. The van der Waals surface area contributed by atoms with Crippen LogP contribution in [0.5, 0.6) is 5.75 Å². The number of aromatic nitrogens is 1. The Kier molecular flexibility index (Phi) is 3.54. The summed E-state index contributed by atoms with van der Waals surface area (Å²) in [6.07, 6.45) is 0.553. The lowest BCUT2D eigenvalue weighted by Gasteiger charge is -2.30. The summed E-state index contributed by atoms with van der Waals surface area (Å²) >= 11 is 1.69. The number of aryl methyl sites for hydroxylation is 1. The summed E-state index contributed by atoms with van der Waals surface area (Å²) in [5.41, 5.74) is 7.48. The molecule has 0 saturated carbocycles. The van der Waals surface area contributed by atoms with Gasteiger partial charge in [0, 0.05) is 22.4 Å². The largest absolute Gasteiger partial charge is 0.485 e. The number of hydrogen-bond acceptors (Lipinski definition) is 5. The molecule has 1 aromatic heterocycles. The number of ether oxygens (including phenoxy) is 1. The van der Waals surface area contributed by atoms with Gasteiger partial charge >= 0.3 is 0 Å². The number of para-hydroxylation sites is 1. The molecule has 0 aliphatic carbocycles. The maximum absolute atomic E-state index is 10.6. The summed E-state index contributed by atoms with van der Waals surface area (Å²) in [5, 5.41) is 10.6. The Morgan fingerprint density at radius 1 is 1.40 bits per heavy atom. The zero-order valence-corrected chi connectivity index (χ0v) is 11.9. The molecular formula is C15H16N2O2S. The van der Waals surface area contributed by atoms with Gasteiger partial charge in [-0.1, -0.05) is 12.1 Å². The van der Waals surface area contributed by atoms with Gasteiger partial charge in [0.2, 0.25) is 0 Å². The minimum absolute atomic E-state index is 0.319. The zero-order valence-electron chi connectivity index (χ0n) is 11.1. The van der Waals surface area contributed by atoms with Crippen LogP contribution in [0.3, 0.4) is 0 Å². The predicted molar refractivity (Wildman–Crippen MR) is 79.9 cm³/mol. The Bertz CT molecular complexity index is 613. The van der Waals surface area contributed by atoms with E-state index in [1.165, 1.54) is 0 Å². The van der Waals surface area contributed by atoms with E-state index in [2.05, 4.69) is 4.98 Å². The normalized spacial score (nSPS) is 19.0. The molecule has 2 atom stereocenters. The fourth-order valence-corrected chi connectivity index (χ4v) is 3.38. The van der Waals surface area contributed by atoms with Crippen molar-refractivity contribution in [1.29, 1.82) is 0 Å². The number of hydrogen-bond donors (Lipinski definition) is 2. The number of aliphatic hydroxyl groups excluding tert-OH is 1. The van der Waals surface area contributed by atoms with Gasteiger partial charge in [0.15, 0.2) is 0 Å². The highest BCUT2D eigenvalue weighted by Crippen LogP contribution is 2.39. The van der Waals surface area contributed by atoms with Gasteiger partial charge in [-0.15, -0.1) is 11.8 Å². The van der Waals surface area contributed by atoms with E-state index in [4.69, 9.17) is 10.5 Å². The molecular weight excluding hydrogens is 272 g/mol. The van der Waals surface area contributed by atoms with E-state index in [1.807, 2.05) is 37.3 Å². The Morgan fingerprint density at radius 2 is 2.20 bits per heavy atom. The van der Waals surface area contributed by atoms with Gasteiger partial charge in [-0.05, 0) is 30.7 Å². The smallest absolute Gasteiger partial charge is 0.138 e. The number of anilines is 1. The van der Waals surface area contributed by atoms with Gasteiger partial charge in [-0.25, -0.2) is 4.98 Å². The number of nitrogens with two attached hydrogens (primary N) is 1. The first-order valence-electron chi connectivity index (χ1n) is 6.44. The maximum atomic E-state index is 10.6. The van der Waals surface area contributed by atoms with Gasteiger partial charge < -0.3 is 15.6 Å². The van der Waals surface area contributed by atoms with Crippen LogP contribution in [0.4, 0.5) is 5.82 Å². The van der Waals surface area contributed by atoms with Crippen LogP contribution in [0.15, 0.2) is 41.4 Å². The first kappa shape index (κ1) is 13.3. The number of nitrogens with zero attached hydrogens (tertiary/aromatic N) is 1. The minimum atomic E-state index is -0.774. The number of rotatable bonds is 2. The number of thioether (sulfide) groups is 1.